The highest BCUT2D eigenvalue weighted by Gasteiger charge is 2.36. The number of methoxy groups -OCH3 is 1. The molecule has 0 atom stereocenters. The number of hydrogen-bond acceptors (Lipinski definition) is 4. The van der Waals surface area contributed by atoms with Crippen molar-refractivity contribution in [3.63, 3.8) is 0 Å². The largest absolute Gasteiger partial charge is 0.497 e. The lowest BCUT2D eigenvalue weighted by molar-refractivity contribution is -0.140. The zero-order valence-electron chi connectivity index (χ0n) is 19.7. The third-order valence-corrected chi connectivity index (χ3v) is 8.98. The number of nitrogens with zero attached hydrogens (tertiary/aromatic N) is 2. The van der Waals surface area contributed by atoms with Crippen molar-refractivity contribution in [1.82, 2.24) is 9.21 Å². The van der Waals surface area contributed by atoms with Crippen LogP contribution in [0.3, 0.4) is 0 Å². The monoisotopic (exact) mass is 488 g/mol. The fourth-order valence-corrected chi connectivity index (χ4v) is 6.51. The third-order valence-electron chi connectivity index (χ3n) is 7.07. The Hall–Kier alpha value is -2.45. The van der Waals surface area contributed by atoms with Crippen molar-refractivity contribution < 1.29 is 22.3 Å². The van der Waals surface area contributed by atoms with Crippen LogP contribution in [0.1, 0.15) is 50.5 Å². The normalized spacial score (nSPS) is 18.5. The number of carbonyl (C=O) groups is 1. The SMILES string of the molecule is COc1ccc(S(=O)(=O)N2CCC(C(=O)N(Cc3ccc(F)cc3)C3CCCCC3)CC2)cc1. The quantitative estimate of drug-likeness (QED) is 0.572. The first-order chi connectivity index (χ1) is 16.4. The fourth-order valence-electron chi connectivity index (χ4n) is 5.04. The summed E-state index contributed by atoms with van der Waals surface area (Å²) >= 11 is 0. The molecule has 184 valence electrons. The molecule has 1 heterocycles. The summed E-state index contributed by atoms with van der Waals surface area (Å²) < 4.78 is 46.1. The molecular formula is C26H33FN2O4S. The molecule has 0 unspecified atom stereocenters. The van der Waals surface area contributed by atoms with Gasteiger partial charge >= 0.3 is 0 Å². The number of piperidine rings is 1. The Morgan fingerprint density at radius 2 is 1.59 bits per heavy atom. The summed E-state index contributed by atoms with van der Waals surface area (Å²) in [5.74, 6) is 0.208. The first kappa shape index (κ1) is 24.7. The van der Waals surface area contributed by atoms with Crippen molar-refractivity contribution in [3.8, 4) is 5.75 Å². The van der Waals surface area contributed by atoms with Gasteiger partial charge in [-0.25, -0.2) is 12.8 Å². The fraction of sp³-hybridized carbons (Fsp3) is 0.500. The van der Waals surface area contributed by atoms with Crippen molar-refractivity contribution in [2.24, 2.45) is 5.92 Å². The van der Waals surface area contributed by atoms with E-state index in [1.807, 2.05) is 4.90 Å². The van der Waals surface area contributed by atoms with E-state index in [0.29, 0.717) is 38.2 Å². The molecule has 0 radical (unpaired) electrons. The Labute approximate surface area is 201 Å². The minimum absolute atomic E-state index is 0.0951. The van der Waals surface area contributed by atoms with Gasteiger partial charge in [-0.15, -0.1) is 0 Å². The summed E-state index contributed by atoms with van der Waals surface area (Å²) in [6.07, 6.45) is 6.38. The smallest absolute Gasteiger partial charge is 0.243 e. The zero-order valence-corrected chi connectivity index (χ0v) is 20.5. The second-order valence-corrected chi connectivity index (χ2v) is 11.2. The van der Waals surface area contributed by atoms with E-state index in [0.717, 1.165) is 31.2 Å². The summed E-state index contributed by atoms with van der Waals surface area (Å²) in [4.78, 5) is 15.8. The van der Waals surface area contributed by atoms with Crippen LogP contribution >= 0.6 is 0 Å². The molecule has 2 aromatic rings. The lowest BCUT2D eigenvalue weighted by Gasteiger charge is -2.39. The first-order valence-electron chi connectivity index (χ1n) is 12.1. The van der Waals surface area contributed by atoms with E-state index in [9.17, 15) is 17.6 Å². The summed E-state index contributed by atoms with van der Waals surface area (Å²) in [6, 6.07) is 12.9. The Morgan fingerprint density at radius 3 is 2.18 bits per heavy atom. The van der Waals surface area contributed by atoms with E-state index in [4.69, 9.17) is 4.74 Å². The summed E-state index contributed by atoms with van der Waals surface area (Å²) in [5.41, 5.74) is 0.917. The molecule has 2 aliphatic rings. The molecule has 34 heavy (non-hydrogen) atoms. The number of ether oxygens (including phenoxy) is 1. The van der Waals surface area contributed by atoms with Gasteiger partial charge in [0, 0.05) is 31.6 Å². The van der Waals surface area contributed by atoms with Crippen molar-refractivity contribution in [3.05, 3.63) is 59.9 Å². The number of hydrogen-bond donors (Lipinski definition) is 0. The van der Waals surface area contributed by atoms with Gasteiger partial charge in [0.2, 0.25) is 15.9 Å². The van der Waals surface area contributed by atoms with E-state index in [1.54, 1.807) is 36.4 Å². The Balaban J connectivity index is 1.44. The average molecular weight is 489 g/mol. The average Bonchev–Trinajstić information content (AvgIpc) is 2.88. The van der Waals surface area contributed by atoms with Crippen LogP contribution in [0.5, 0.6) is 5.75 Å². The van der Waals surface area contributed by atoms with Gasteiger partial charge in [-0.05, 0) is 67.6 Å². The van der Waals surface area contributed by atoms with E-state index in [1.165, 1.54) is 30.0 Å². The third kappa shape index (κ3) is 5.61. The van der Waals surface area contributed by atoms with E-state index >= 15 is 0 Å². The van der Waals surface area contributed by atoms with Crippen LogP contribution in [0.15, 0.2) is 53.4 Å². The van der Waals surface area contributed by atoms with E-state index in [2.05, 4.69) is 0 Å². The van der Waals surface area contributed by atoms with Gasteiger partial charge in [0.15, 0.2) is 0 Å². The summed E-state index contributed by atoms with van der Waals surface area (Å²) in [6.45, 7) is 1.10. The second kappa shape index (κ2) is 10.9. The molecule has 1 aliphatic heterocycles. The number of carbonyl (C=O) groups excluding carboxylic acids is 1. The maximum absolute atomic E-state index is 13.6. The topological polar surface area (TPSA) is 66.9 Å². The molecular weight excluding hydrogens is 455 g/mol. The highest BCUT2D eigenvalue weighted by atomic mass is 32.2. The van der Waals surface area contributed by atoms with Crippen LogP contribution in [0, 0.1) is 11.7 Å². The molecule has 1 amide bonds. The van der Waals surface area contributed by atoms with Crippen LogP contribution in [-0.2, 0) is 21.4 Å². The minimum Gasteiger partial charge on any atom is -0.497 e. The molecule has 6 nitrogen and oxygen atoms in total. The first-order valence-corrected chi connectivity index (χ1v) is 13.5. The van der Waals surface area contributed by atoms with Crippen LogP contribution in [-0.4, -0.2) is 49.8 Å². The highest BCUT2D eigenvalue weighted by molar-refractivity contribution is 7.89. The molecule has 2 fully saturated rings. The van der Waals surface area contributed by atoms with Gasteiger partial charge in [-0.2, -0.15) is 4.31 Å². The number of rotatable bonds is 7. The van der Waals surface area contributed by atoms with Crippen molar-refractivity contribution >= 4 is 15.9 Å². The van der Waals surface area contributed by atoms with Crippen molar-refractivity contribution in [2.45, 2.75) is 62.4 Å². The molecule has 4 rings (SSSR count). The number of halogens is 1. The zero-order chi connectivity index (χ0) is 24.1. The van der Waals surface area contributed by atoms with Gasteiger partial charge in [-0.1, -0.05) is 31.4 Å². The molecule has 0 aromatic heterocycles. The van der Waals surface area contributed by atoms with Crippen molar-refractivity contribution in [1.29, 1.82) is 0 Å². The standard InChI is InChI=1S/C26H33FN2O4S/c1-33-24-11-13-25(14-12-24)34(31,32)28-17-15-21(16-18-28)26(30)29(23-5-3-2-4-6-23)19-20-7-9-22(27)10-8-20/h7-14,21,23H,2-6,15-19H2,1H3. The Morgan fingerprint density at radius 1 is 0.971 bits per heavy atom. The molecule has 1 saturated heterocycles. The lowest BCUT2D eigenvalue weighted by Crippen LogP contribution is -2.47. The van der Waals surface area contributed by atoms with Crippen molar-refractivity contribution in [2.75, 3.05) is 20.2 Å². The van der Waals surface area contributed by atoms with Gasteiger partial charge in [0.05, 0.1) is 12.0 Å². The number of amides is 1. The van der Waals surface area contributed by atoms with Crippen LogP contribution < -0.4 is 4.74 Å². The Kier molecular flexibility index (Phi) is 7.88. The molecule has 8 heteroatoms. The molecule has 2 aromatic carbocycles. The lowest BCUT2D eigenvalue weighted by atomic mass is 9.90. The predicted octanol–water partition coefficient (Wildman–Crippen LogP) is 4.60. The maximum atomic E-state index is 13.6. The molecule has 0 spiro atoms. The van der Waals surface area contributed by atoms with Crippen LogP contribution in [0.25, 0.3) is 0 Å². The number of benzene rings is 2. The molecule has 0 N–H and O–H groups in total. The van der Waals surface area contributed by atoms with Gasteiger partial charge in [-0.3, -0.25) is 4.79 Å². The highest BCUT2D eigenvalue weighted by Crippen LogP contribution is 2.30. The molecule has 1 aliphatic carbocycles. The predicted molar refractivity (Wildman–Crippen MR) is 128 cm³/mol. The van der Waals surface area contributed by atoms with E-state index < -0.39 is 10.0 Å². The number of sulfonamides is 1. The molecule has 0 bridgehead atoms. The second-order valence-electron chi connectivity index (χ2n) is 9.24. The molecule has 1 saturated carbocycles. The summed E-state index contributed by atoms with van der Waals surface area (Å²) in [7, 11) is -2.07. The van der Waals surface area contributed by atoms with Gasteiger partial charge < -0.3 is 9.64 Å². The maximum Gasteiger partial charge on any atom is 0.243 e. The van der Waals surface area contributed by atoms with Crippen LogP contribution in [0.4, 0.5) is 4.39 Å². The van der Waals surface area contributed by atoms with Gasteiger partial charge in [0.1, 0.15) is 11.6 Å². The minimum atomic E-state index is -3.61. The Bertz CT molecular complexity index is 1060. The van der Waals surface area contributed by atoms with Crippen LogP contribution in [0.2, 0.25) is 0 Å². The summed E-state index contributed by atoms with van der Waals surface area (Å²) in [5, 5.41) is 0. The van der Waals surface area contributed by atoms with Gasteiger partial charge in [0.25, 0.3) is 0 Å². The van der Waals surface area contributed by atoms with E-state index in [-0.39, 0.29) is 28.6 Å².